The number of fused-ring (bicyclic) bond motifs is 1. The second-order valence-electron chi connectivity index (χ2n) is 9.06. The average molecular weight is 446 g/mol. The summed E-state index contributed by atoms with van der Waals surface area (Å²) in [5, 5.41) is 2.76. The number of aryl methyl sites for hydroxylation is 2. The van der Waals surface area contributed by atoms with Gasteiger partial charge in [0.05, 0.1) is 11.2 Å². The zero-order valence-electron chi connectivity index (χ0n) is 19.2. The molecule has 0 aromatic heterocycles. The van der Waals surface area contributed by atoms with Crippen LogP contribution in [0.15, 0.2) is 48.0 Å². The lowest BCUT2D eigenvalue weighted by Gasteiger charge is -2.40. The summed E-state index contributed by atoms with van der Waals surface area (Å²) in [7, 11) is 2.07. The van der Waals surface area contributed by atoms with Crippen molar-refractivity contribution in [2.45, 2.75) is 40.2 Å². The largest absolute Gasteiger partial charge is 0.366 e. The number of allylic oxidation sites excluding steroid dienone is 1. The van der Waals surface area contributed by atoms with Gasteiger partial charge in [0.15, 0.2) is 5.11 Å². The molecule has 1 N–H and O–H groups in total. The maximum atomic E-state index is 13.4. The molecule has 0 saturated carbocycles. The van der Waals surface area contributed by atoms with Crippen LogP contribution in [0.2, 0.25) is 0 Å². The second kappa shape index (κ2) is 7.71. The van der Waals surface area contributed by atoms with E-state index in [9.17, 15) is 9.59 Å². The topological polar surface area (TPSA) is 52.7 Å². The van der Waals surface area contributed by atoms with Gasteiger partial charge in [-0.25, -0.2) is 0 Å². The van der Waals surface area contributed by atoms with Gasteiger partial charge in [-0.3, -0.25) is 19.8 Å². The van der Waals surface area contributed by atoms with Crippen molar-refractivity contribution in [1.29, 1.82) is 0 Å². The van der Waals surface area contributed by atoms with Crippen molar-refractivity contribution in [1.82, 2.24) is 5.32 Å². The van der Waals surface area contributed by atoms with Crippen molar-refractivity contribution in [2.24, 2.45) is 0 Å². The molecule has 164 valence electrons. The van der Waals surface area contributed by atoms with Gasteiger partial charge >= 0.3 is 0 Å². The van der Waals surface area contributed by atoms with Crippen LogP contribution in [0.5, 0.6) is 0 Å². The predicted octanol–water partition coefficient (Wildman–Crippen LogP) is 4.77. The van der Waals surface area contributed by atoms with Crippen molar-refractivity contribution in [3.63, 3.8) is 0 Å². The summed E-state index contributed by atoms with van der Waals surface area (Å²) >= 11 is 5.34. The van der Waals surface area contributed by atoms with Crippen molar-refractivity contribution in [3.05, 3.63) is 70.3 Å². The lowest BCUT2D eigenvalue weighted by Crippen LogP contribution is -2.54. The Balaban J connectivity index is 1.75. The summed E-state index contributed by atoms with van der Waals surface area (Å²) in [6.07, 6.45) is 3.87. The number of benzene rings is 2. The molecule has 0 atom stereocenters. The summed E-state index contributed by atoms with van der Waals surface area (Å²) in [6.45, 7) is 10.3. The Hall–Kier alpha value is -3.25. The molecular formula is C26H27N3O2S. The number of thiocarbonyl (C=S) groups is 1. The number of nitrogens with zero attached hydrogens (tertiary/aromatic N) is 2. The smallest absolute Gasteiger partial charge is 0.270 e. The van der Waals surface area contributed by atoms with Crippen LogP contribution in [0, 0.1) is 13.8 Å². The van der Waals surface area contributed by atoms with Crippen LogP contribution in [-0.4, -0.2) is 29.5 Å². The summed E-state index contributed by atoms with van der Waals surface area (Å²) in [4.78, 5) is 29.7. The van der Waals surface area contributed by atoms with Crippen molar-refractivity contribution in [3.8, 4) is 0 Å². The third-order valence-corrected chi connectivity index (χ3v) is 6.53. The summed E-state index contributed by atoms with van der Waals surface area (Å²) in [5.74, 6) is -0.904. The minimum absolute atomic E-state index is 0.0599. The van der Waals surface area contributed by atoms with E-state index in [0.29, 0.717) is 5.69 Å². The Morgan fingerprint density at radius 1 is 1.00 bits per heavy atom. The molecule has 2 heterocycles. The fourth-order valence-corrected chi connectivity index (χ4v) is 4.64. The van der Waals surface area contributed by atoms with Gasteiger partial charge < -0.3 is 4.90 Å². The number of rotatable bonds is 2. The van der Waals surface area contributed by atoms with Gasteiger partial charge in [-0.05, 0) is 87.8 Å². The highest BCUT2D eigenvalue weighted by atomic mass is 32.1. The molecule has 0 radical (unpaired) electrons. The van der Waals surface area contributed by atoms with Crippen LogP contribution in [-0.2, 0) is 9.59 Å². The molecule has 0 unspecified atom stereocenters. The van der Waals surface area contributed by atoms with E-state index in [1.54, 1.807) is 6.08 Å². The predicted molar refractivity (Wildman–Crippen MR) is 135 cm³/mol. The van der Waals surface area contributed by atoms with Crippen LogP contribution < -0.4 is 15.1 Å². The molecule has 5 nitrogen and oxygen atoms in total. The number of anilines is 2. The fraction of sp³-hybridized carbons (Fsp3) is 0.269. The first-order chi connectivity index (χ1) is 15.0. The van der Waals surface area contributed by atoms with Crippen LogP contribution in [0.25, 0.3) is 11.6 Å². The molecule has 32 heavy (non-hydrogen) atoms. The second-order valence-corrected chi connectivity index (χ2v) is 9.45. The maximum Gasteiger partial charge on any atom is 0.270 e. The van der Waals surface area contributed by atoms with E-state index in [-0.39, 0.29) is 16.2 Å². The number of carbonyl (C=O) groups excluding carboxylic acids is 2. The molecule has 2 aromatic carbocycles. The first-order valence-corrected chi connectivity index (χ1v) is 11.0. The molecule has 2 aromatic rings. The van der Waals surface area contributed by atoms with Gasteiger partial charge in [0.1, 0.15) is 5.57 Å². The monoisotopic (exact) mass is 445 g/mol. The van der Waals surface area contributed by atoms with E-state index in [1.807, 2.05) is 50.2 Å². The third kappa shape index (κ3) is 3.65. The summed E-state index contributed by atoms with van der Waals surface area (Å²) in [5.41, 5.74) is 6.81. The Bertz CT molecular complexity index is 1240. The molecule has 2 aliphatic rings. The lowest BCUT2D eigenvalue weighted by molar-refractivity contribution is -0.122. The normalized spacial score (nSPS) is 19.1. The van der Waals surface area contributed by atoms with Crippen molar-refractivity contribution >= 4 is 52.2 Å². The Morgan fingerprint density at radius 3 is 2.38 bits per heavy atom. The zero-order chi connectivity index (χ0) is 23.4. The lowest BCUT2D eigenvalue weighted by atomic mass is 9.88. The summed E-state index contributed by atoms with van der Waals surface area (Å²) in [6, 6.07) is 11.8. The molecule has 6 heteroatoms. The van der Waals surface area contributed by atoms with E-state index >= 15 is 0 Å². The molecule has 2 amide bonds. The van der Waals surface area contributed by atoms with Gasteiger partial charge in [-0.15, -0.1) is 0 Å². The van der Waals surface area contributed by atoms with Gasteiger partial charge in [-0.1, -0.05) is 29.8 Å². The first kappa shape index (κ1) is 22.0. The molecule has 1 fully saturated rings. The number of amides is 2. The number of hydrogen-bond donors (Lipinski definition) is 1. The highest BCUT2D eigenvalue weighted by molar-refractivity contribution is 7.80. The molecular weight excluding hydrogens is 418 g/mol. The quantitative estimate of drug-likeness (QED) is 0.411. The number of carbonyl (C=O) groups is 2. The number of hydrogen-bond acceptors (Lipinski definition) is 4. The van der Waals surface area contributed by atoms with Crippen LogP contribution in [0.1, 0.15) is 43.0 Å². The highest BCUT2D eigenvalue weighted by Crippen LogP contribution is 2.38. The summed E-state index contributed by atoms with van der Waals surface area (Å²) < 4.78 is 0. The van der Waals surface area contributed by atoms with Gasteiger partial charge in [0, 0.05) is 18.3 Å². The number of likely N-dealkylation sites (N-methyl/N-ethyl adjacent to an activating group) is 1. The van der Waals surface area contributed by atoms with Crippen molar-refractivity contribution < 1.29 is 9.59 Å². The Labute approximate surface area is 194 Å². The number of nitrogens with one attached hydrogen (secondary N) is 1. The van der Waals surface area contributed by atoms with Crippen LogP contribution >= 0.6 is 12.2 Å². The van der Waals surface area contributed by atoms with Crippen molar-refractivity contribution in [2.75, 3.05) is 16.8 Å². The van der Waals surface area contributed by atoms with E-state index in [2.05, 4.69) is 44.1 Å². The van der Waals surface area contributed by atoms with E-state index in [0.717, 1.165) is 27.9 Å². The molecule has 0 aliphatic carbocycles. The molecule has 4 rings (SSSR count). The van der Waals surface area contributed by atoms with Crippen LogP contribution in [0.4, 0.5) is 11.4 Å². The zero-order valence-corrected chi connectivity index (χ0v) is 20.1. The Morgan fingerprint density at radius 2 is 1.69 bits per heavy atom. The van der Waals surface area contributed by atoms with Gasteiger partial charge in [0.2, 0.25) is 0 Å². The van der Waals surface area contributed by atoms with E-state index in [4.69, 9.17) is 12.2 Å². The highest BCUT2D eigenvalue weighted by Gasteiger charge is 2.35. The standard InChI is InChI=1S/C26H27N3O2S/c1-15-7-9-21(16(2)11-15)29-24(31)20(23(30)27-25(29)32)13-18-8-10-22-19(12-18)17(3)14-26(4,5)28(22)6/h7-14H,1-6H3,(H,27,30,32)/b20-13-. The molecule has 2 aliphatic heterocycles. The molecule has 1 saturated heterocycles. The first-order valence-electron chi connectivity index (χ1n) is 10.6. The SMILES string of the molecule is CC1=CC(C)(C)N(C)c2ccc(/C=C3/C(=O)NC(=S)N(c4ccc(C)cc4C)C3=O)cc21. The van der Waals surface area contributed by atoms with Gasteiger partial charge in [-0.2, -0.15) is 0 Å². The molecule has 0 spiro atoms. The van der Waals surface area contributed by atoms with Gasteiger partial charge in [0.25, 0.3) is 11.8 Å². The minimum atomic E-state index is -0.482. The minimum Gasteiger partial charge on any atom is -0.366 e. The van der Waals surface area contributed by atoms with E-state index in [1.165, 1.54) is 10.5 Å². The third-order valence-electron chi connectivity index (χ3n) is 6.25. The maximum absolute atomic E-state index is 13.4. The fourth-order valence-electron chi connectivity index (χ4n) is 4.37. The Kier molecular flexibility index (Phi) is 5.29. The molecule has 0 bridgehead atoms. The van der Waals surface area contributed by atoms with E-state index < -0.39 is 11.8 Å². The van der Waals surface area contributed by atoms with Crippen LogP contribution in [0.3, 0.4) is 0 Å². The average Bonchev–Trinajstić information content (AvgIpc) is 2.70.